The lowest BCUT2D eigenvalue weighted by atomic mass is 10.1. The summed E-state index contributed by atoms with van der Waals surface area (Å²) in [4.78, 5) is 10.7. The van der Waals surface area contributed by atoms with Crippen LogP contribution in [0.2, 0.25) is 0 Å². The SMILES string of the molecule is CC(CC(=O)O)Cn1nnnc1-c1n[nH]c2ccccc12. The van der Waals surface area contributed by atoms with Gasteiger partial charge in [0.2, 0.25) is 5.82 Å². The first-order valence-electron chi connectivity index (χ1n) is 6.56. The Morgan fingerprint density at radius 3 is 3.05 bits per heavy atom. The molecule has 3 aromatic rings. The highest BCUT2D eigenvalue weighted by Gasteiger charge is 2.17. The van der Waals surface area contributed by atoms with Crippen molar-refractivity contribution in [2.75, 3.05) is 0 Å². The Morgan fingerprint density at radius 1 is 1.43 bits per heavy atom. The van der Waals surface area contributed by atoms with Crippen molar-refractivity contribution in [3.8, 4) is 11.5 Å². The molecule has 0 fully saturated rings. The van der Waals surface area contributed by atoms with Crippen LogP contribution in [0.3, 0.4) is 0 Å². The predicted octanol–water partition coefficient (Wildman–Crippen LogP) is 1.33. The molecule has 0 aliphatic heterocycles. The topological polar surface area (TPSA) is 110 Å². The van der Waals surface area contributed by atoms with Gasteiger partial charge in [-0.2, -0.15) is 5.10 Å². The average Bonchev–Trinajstić information content (AvgIpc) is 3.03. The third-order valence-electron chi connectivity index (χ3n) is 3.22. The molecule has 2 heterocycles. The fraction of sp³-hybridized carbons (Fsp3) is 0.308. The van der Waals surface area contributed by atoms with Gasteiger partial charge in [0.05, 0.1) is 5.52 Å². The van der Waals surface area contributed by atoms with E-state index in [4.69, 9.17) is 5.11 Å². The van der Waals surface area contributed by atoms with E-state index in [0.29, 0.717) is 18.1 Å². The summed E-state index contributed by atoms with van der Waals surface area (Å²) in [6, 6.07) is 7.70. The lowest BCUT2D eigenvalue weighted by molar-refractivity contribution is -0.138. The number of fused-ring (bicyclic) bond motifs is 1. The first-order chi connectivity index (χ1) is 10.1. The van der Waals surface area contributed by atoms with Crippen molar-refractivity contribution in [1.82, 2.24) is 30.4 Å². The molecule has 0 spiro atoms. The van der Waals surface area contributed by atoms with Crippen LogP contribution in [0.1, 0.15) is 13.3 Å². The number of benzene rings is 1. The summed E-state index contributed by atoms with van der Waals surface area (Å²) in [5.74, 6) is -0.373. The van der Waals surface area contributed by atoms with Gasteiger partial charge in [0, 0.05) is 18.4 Å². The summed E-state index contributed by atoms with van der Waals surface area (Å²) in [5, 5.41) is 28.6. The van der Waals surface area contributed by atoms with E-state index in [0.717, 1.165) is 10.9 Å². The summed E-state index contributed by atoms with van der Waals surface area (Å²) < 4.78 is 1.59. The molecule has 0 saturated carbocycles. The molecule has 0 radical (unpaired) electrons. The van der Waals surface area contributed by atoms with Crippen LogP contribution < -0.4 is 0 Å². The van der Waals surface area contributed by atoms with Crippen LogP contribution in [0, 0.1) is 5.92 Å². The Kier molecular flexibility index (Phi) is 3.35. The number of nitrogens with zero attached hydrogens (tertiary/aromatic N) is 5. The second kappa shape index (κ2) is 5.31. The van der Waals surface area contributed by atoms with Crippen LogP contribution in [0.25, 0.3) is 22.4 Å². The predicted molar refractivity (Wildman–Crippen MR) is 74.3 cm³/mol. The molecule has 8 nitrogen and oxygen atoms in total. The monoisotopic (exact) mass is 286 g/mol. The number of aliphatic carboxylic acids is 1. The van der Waals surface area contributed by atoms with E-state index >= 15 is 0 Å². The van der Waals surface area contributed by atoms with Crippen molar-refractivity contribution in [1.29, 1.82) is 0 Å². The lowest BCUT2D eigenvalue weighted by Crippen LogP contribution is -2.14. The molecule has 0 amide bonds. The van der Waals surface area contributed by atoms with E-state index < -0.39 is 5.97 Å². The Hall–Kier alpha value is -2.77. The van der Waals surface area contributed by atoms with E-state index in [9.17, 15) is 4.79 Å². The van der Waals surface area contributed by atoms with Crippen LogP contribution >= 0.6 is 0 Å². The van der Waals surface area contributed by atoms with E-state index in [2.05, 4.69) is 25.7 Å². The molecule has 0 saturated heterocycles. The van der Waals surface area contributed by atoms with Gasteiger partial charge in [-0.25, -0.2) is 4.68 Å². The normalized spacial score (nSPS) is 12.6. The Bertz CT molecular complexity index is 778. The minimum absolute atomic E-state index is 0.0701. The quantitative estimate of drug-likeness (QED) is 0.732. The molecule has 1 atom stereocenters. The van der Waals surface area contributed by atoms with Gasteiger partial charge in [-0.3, -0.25) is 9.89 Å². The molecule has 0 aliphatic rings. The van der Waals surface area contributed by atoms with Crippen LogP contribution in [-0.4, -0.2) is 41.5 Å². The van der Waals surface area contributed by atoms with Crippen molar-refractivity contribution < 1.29 is 9.90 Å². The zero-order valence-corrected chi connectivity index (χ0v) is 11.4. The molecule has 1 aromatic carbocycles. The summed E-state index contributed by atoms with van der Waals surface area (Å²) >= 11 is 0. The third-order valence-corrected chi connectivity index (χ3v) is 3.22. The number of hydrogen-bond donors (Lipinski definition) is 2. The van der Waals surface area contributed by atoms with Crippen molar-refractivity contribution in [3.63, 3.8) is 0 Å². The Labute approximate surface area is 119 Å². The largest absolute Gasteiger partial charge is 0.481 e. The Balaban J connectivity index is 1.93. The van der Waals surface area contributed by atoms with Crippen LogP contribution in [-0.2, 0) is 11.3 Å². The van der Waals surface area contributed by atoms with Crippen LogP contribution in [0.5, 0.6) is 0 Å². The van der Waals surface area contributed by atoms with Gasteiger partial charge >= 0.3 is 5.97 Å². The molecule has 2 aromatic heterocycles. The number of aromatic nitrogens is 6. The molecule has 1 unspecified atom stereocenters. The number of H-pyrrole nitrogens is 1. The minimum Gasteiger partial charge on any atom is -0.481 e. The van der Waals surface area contributed by atoms with Gasteiger partial charge < -0.3 is 5.11 Å². The molecule has 2 N–H and O–H groups in total. The fourth-order valence-electron chi connectivity index (χ4n) is 2.29. The summed E-state index contributed by atoms with van der Waals surface area (Å²) in [6.07, 6.45) is 0.0701. The first-order valence-corrected chi connectivity index (χ1v) is 6.56. The fourth-order valence-corrected chi connectivity index (χ4v) is 2.29. The number of carbonyl (C=O) groups is 1. The van der Waals surface area contributed by atoms with Gasteiger partial charge in [0.15, 0.2) is 0 Å². The summed E-state index contributed by atoms with van der Waals surface area (Å²) in [6.45, 7) is 2.28. The molecular formula is C13H14N6O2. The molecular weight excluding hydrogens is 272 g/mol. The highest BCUT2D eigenvalue weighted by Crippen LogP contribution is 2.24. The molecule has 0 bridgehead atoms. The van der Waals surface area contributed by atoms with Crippen molar-refractivity contribution in [2.45, 2.75) is 19.9 Å². The molecule has 0 aliphatic carbocycles. The van der Waals surface area contributed by atoms with Gasteiger partial charge in [-0.05, 0) is 22.4 Å². The Morgan fingerprint density at radius 2 is 2.24 bits per heavy atom. The maximum absolute atomic E-state index is 10.7. The number of tetrazole rings is 1. The second-order valence-corrected chi connectivity index (χ2v) is 5.01. The van der Waals surface area contributed by atoms with Crippen molar-refractivity contribution >= 4 is 16.9 Å². The van der Waals surface area contributed by atoms with Gasteiger partial charge in [-0.1, -0.05) is 25.1 Å². The van der Waals surface area contributed by atoms with Crippen LogP contribution in [0.15, 0.2) is 24.3 Å². The highest BCUT2D eigenvalue weighted by atomic mass is 16.4. The smallest absolute Gasteiger partial charge is 0.303 e. The maximum Gasteiger partial charge on any atom is 0.303 e. The lowest BCUT2D eigenvalue weighted by Gasteiger charge is -2.09. The average molecular weight is 286 g/mol. The van der Waals surface area contributed by atoms with E-state index in [1.165, 1.54) is 0 Å². The standard InChI is InChI=1S/C13H14N6O2/c1-8(6-11(20)21)7-19-13(16-17-18-19)12-9-4-2-3-5-10(9)14-15-12/h2-5,8H,6-7H2,1H3,(H,14,15)(H,20,21). The molecule has 108 valence electrons. The number of nitrogens with one attached hydrogen (secondary N) is 1. The summed E-state index contributed by atoms with van der Waals surface area (Å²) in [7, 11) is 0. The molecule has 8 heteroatoms. The third kappa shape index (κ3) is 2.60. The molecule has 21 heavy (non-hydrogen) atoms. The highest BCUT2D eigenvalue weighted by molar-refractivity contribution is 5.90. The summed E-state index contributed by atoms with van der Waals surface area (Å²) in [5.41, 5.74) is 1.57. The van der Waals surface area contributed by atoms with E-state index in [-0.39, 0.29) is 12.3 Å². The number of carboxylic acids is 1. The second-order valence-electron chi connectivity index (χ2n) is 5.01. The number of para-hydroxylation sites is 1. The van der Waals surface area contributed by atoms with Gasteiger partial charge in [0.25, 0.3) is 0 Å². The van der Waals surface area contributed by atoms with E-state index in [1.54, 1.807) is 4.68 Å². The number of aromatic amines is 1. The first kappa shape index (κ1) is 13.2. The van der Waals surface area contributed by atoms with Crippen LogP contribution in [0.4, 0.5) is 0 Å². The van der Waals surface area contributed by atoms with E-state index in [1.807, 2.05) is 31.2 Å². The number of hydrogen-bond acceptors (Lipinski definition) is 5. The minimum atomic E-state index is -0.831. The zero-order chi connectivity index (χ0) is 14.8. The molecule has 3 rings (SSSR count). The number of rotatable bonds is 5. The zero-order valence-electron chi connectivity index (χ0n) is 11.4. The van der Waals surface area contributed by atoms with Crippen molar-refractivity contribution in [3.05, 3.63) is 24.3 Å². The van der Waals surface area contributed by atoms with Gasteiger partial charge in [0.1, 0.15) is 5.69 Å². The maximum atomic E-state index is 10.7. The van der Waals surface area contributed by atoms with Gasteiger partial charge in [-0.15, -0.1) is 5.10 Å². The van der Waals surface area contributed by atoms with Crippen molar-refractivity contribution in [2.24, 2.45) is 5.92 Å². The number of carboxylic acid groups (broad SMARTS) is 1.